The Bertz CT molecular complexity index is 158. The van der Waals surface area contributed by atoms with E-state index in [1.54, 1.807) is 6.92 Å². The molecule has 64 valence electrons. The van der Waals surface area contributed by atoms with Crippen LogP contribution >= 0.6 is 0 Å². The normalized spacial score (nSPS) is 32.1. The average molecular weight is 157 g/mol. The van der Waals surface area contributed by atoms with Crippen molar-refractivity contribution in [1.29, 1.82) is 0 Å². The topological polar surface area (TPSA) is 40.5 Å². The van der Waals surface area contributed by atoms with Gasteiger partial charge in [-0.2, -0.15) is 0 Å². The summed E-state index contributed by atoms with van der Waals surface area (Å²) in [4.78, 5) is 12.8. The van der Waals surface area contributed by atoms with Crippen LogP contribution in [0.2, 0.25) is 0 Å². The van der Waals surface area contributed by atoms with Gasteiger partial charge >= 0.3 is 0 Å². The fraction of sp³-hybridized carbons (Fsp3) is 0.875. The smallest absolute Gasteiger partial charge is 0.219 e. The van der Waals surface area contributed by atoms with E-state index in [1.807, 2.05) is 11.8 Å². The molecular weight excluding hydrogens is 142 g/mol. The highest BCUT2D eigenvalue weighted by Crippen LogP contribution is 2.16. The molecular formula is C8H15NO2. The first-order valence-electron chi connectivity index (χ1n) is 4.06. The Balaban J connectivity index is 2.50. The Morgan fingerprint density at radius 1 is 1.64 bits per heavy atom. The van der Waals surface area contributed by atoms with Crippen molar-refractivity contribution < 1.29 is 9.90 Å². The van der Waals surface area contributed by atoms with Crippen molar-refractivity contribution in [3.05, 3.63) is 0 Å². The van der Waals surface area contributed by atoms with Crippen molar-refractivity contribution in [2.75, 3.05) is 6.54 Å². The molecule has 0 radical (unpaired) electrons. The highest BCUT2D eigenvalue weighted by Gasteiger charge is 2.25. The quantitative estimate of drug-likeness (QED) is 0.552. The summed E-state index contributed by atoms with van der Waals surface area (Å²) in [5, 5.41) is 9.24. The summed E-state index contributed by atoms with van der Waals surface area (Å²) in [6, 6.07) is 0.205. The van der Waals surface area contributed by atoms with Crippen molar-refractivity contribution in [1.82, 2.24) is 4.90 Å². The number of aliphatic hydroxyl groups is 1. The lowest BCUT2D eigenvalue weighted by Crippen LogP contribution is -2.44. The lowest BCUT2D eigenvalue weighted by Gasteiger charge is -2.35. The molecule has 0 spiro atoms. The molecule has 1 fully saturated rings. The van der Waals surface area contributed by atoms with Gasteiger partial charge in [0.1, 0.15) is 0 Å². The molecule has 1 N–H and O–H groups in total. The largest absolute Gasteiger partial charge is 0.393 e. The van der Waals surface area contributed by atoms with Crippen LogP contribution < -0.4 is 0 Å². The van der Waals surface area contributed by atoms with Crippen LogP contribution in [0, 0.1) is 0 Å². The third-order valence-corrected chi connectivity index (χ3v) is 2.25. The molecule has 11 heavy (non-hydrogen) atoms. The molecule has 0 saturated carbocycles. The predicted molar refractivity (Wildman–Crippen MR) is 42.1 cm³/mol. The van der Waals surface area contributed by atoms with Crippen molar-refractivity contribution in [2.45, 2.75) is 38.8 Å². The van der Waals surface area contributed by atoms with Gasteiger partial charge in [0.15, 0.2) is 0 Å². The number of nitrogens with zero attached hydrogens (tertiary/aromatic N) is 1. The van der Waals surface area contributed by atoms with Crippen LogP contribution in [0.3, 0.4) is 0 Å². The molecule has 3 nitrogen and oxygen atoms in total. The Morgan fingerprint density at radius 3 is 2.73 bits per heavy atom. The number of likely N-dealkylation sites (tertiary alicyclic amines) is 1. The third-order valence-electron chi connectivity index (χ3n) is 2.25. The maximum atomic E-state index is 11.0. The van der Waals surface area contributed by atoms with Crippen molar-refractivity contribution >= 4 is 5.91 Å². The molecule has 0 aliphatic carbocycles. The summed E-state index contributed by atoms with van der Waals surface area (Å²) in [5.41, 5.74) is 0. The van der Waals surface area contributed by atoms with Gasteiger partial charge in [-0.25, -0.2) is 0 Å². The summed E-state index contributed by atoms with van der Waals surface area (Å²) in [5.74, 6) is 0.115. The number of amides is 1. The van der Waals surface area contributed by atoms with Gasteiger partial charge in [-0.3, -0.25) is 4.79 Å². The molecule has 0 bridgehead atoms. The summed E-state index contributed by atoms with van der Waals surface area (Å²) in [6.07, 6.45) is 1.24. The van der Waals surface area contributed by atoms with E-state index in [-0.39, 0.29) is 18.1 Å². The first-order valence-corrected chi connectivity index (χ1v) is 4.06. The molecule has 1 saturated heterocycles. The van der Waals surface area contributed by atoms with E-state index in [1.165, 1.54) is 0 Å². The number of carbonyl (C=O) groups is 1. The Morgan fingerprint density at radius 2 is 2.27 bits per heavy atom. The molecule has 1 rings (SSSR count). The molecule has 0 unspecified atom stereocenters. The summed E-state index contributed by atoms with van der Waals surface area (Å²) in [7, 11) is 0. The minimum absolute atomic E-state index is 0.115. The van der Waals surface area contributed by atoms with Gasteiger partial charge in [-0.05, 0) is 19.8 Å². The Labute approximate surface area is 67.0 Å². The molecule has 1 aliphatic heterocycles. The third kappa shape index (κ3) is 1.93. The maximum Gasteiger partial charge on any atom is 0.219 e. The minimum Gasteiger partial charge on any atom is -0.393 e. The van der Waals surface area contributed by atoms with Crippen LogP contribution in [-0.2, 0) is 4.79 Å². The van der Waals surface area contributed by atoms with E-state index in [0.29, 0.717) is 6.54 Å². The maximum absolute atomic E-state index is 11.0. The molecule has 1 amide bonds. The number of rotatable bonds is 0. The number of hydrogen-bond acceptors (Lipinski definition) is 2. The zero-order valence-corrected chi connectivity index (χ0v) is 7.08. The fourth-order valence-corrected chi connectivity index (χ4v) is 1.62. The van der Waals surface area contributed by atoms with Crippen LogP contribution in [0.15, 0.2) is 0 Å². The molecule has 0 aromatic carbocycles. The number of carbonyl (C=O) groups excluding carboxylic acids is 1. The van der Waals surface area contributed by atoms with Crippen LogP contribution in [0.25, 0.3) is 0 Å². The Kier molecular flexibility index (Phi) is 2.49. The second-order valence-electron chi connectivity index (χ2n) is 3.24. The van der Waals surface area contributed by atoms with Gasteiger partial charge < -0.3 is 10.0 Å². The van der Waals surface area contributed by atoms with Crippen LogP contribution in [0.1, 0.15) is 26.7 Å². The summed E-state index contributed by atoms with van der Waals surface area (Å²) < 4.78 is 0. The number of aliphatic hydroxyl groups excluding tert-OH is 1. The second-order valence-corrected chi connectivity index (χ2v) is 3.24. The van der Waals surface area contributed by atoms with Gasteiger partial charge in [0.2, 0.25) is 5.91 Å². The van der Waals surface area contributed by atoms with Crippen LogP contribution in [0.4, 0.5) is 0 Å². The van der Waals surface area contributed by atoms with E-state index < -0.39 is 0 Å². The fourth-order valence-electron chi connectivity index (χ4n) is 1.62. The highest BCUT2D eigenvalue weighted by molar-refractivity contribution is 5.73. The zero-order chi connectivity index (χ0) is 8.43. The average Bonchev–Trinajstić information content (AvgIpc) is 1.85. The summed E-state index contributed by atoms with van der Waals surface area (Å²) in [6.45, 7) is 4.26. The first kappa shape index (κ1) is 8.53. The van der Waals surface area contributed by atoms with Crippen molar-refractivity contribution in [3.63, 3.8) is 0 Å². The van der Waals surface area contributed by atoms with Gasteiger partial charge in [-0.1, -0.05) is 0 Å². The number of piperidine rings is 1. The standard InChI is InChI=1S/C8H15NO2/c1-6-5-8(11)3-4-9(6)7(2)10/h6,8,11H,3-5H2,1-2H3/t6-,8+/m0/s1. The highest BCUT2D eigenvalue weighted by atomic mass is 16.3. The Hall–Kier alpha value is -0.570. The monoisotopic (exact) mass is 157 g/mol. The van der Waals surface area contributed by atoms with E-state index in [4.69, 9.17) is 0 Å². The minimum atomic E-state index is -0.208. The van der Waals surface area contributed by atoms with Crippen molar-refractivity contribution in [2.24, 2.45) is 0 Å². The molecule has 1 aliphatic rings. The van der Waals surface area contributed by atoms with Crippen LogP contribution in [-0.4, -0.2) is 34.6 Å². The lowest BCUT2D eigenvalue weighted by atomic mass is 10.0. The van der Waals surface area contributed by atoms with Gasteiger partial charge in [0.25, 0.3) is 0 Å². The number of hydrogen-bond donors (Lipinski definition) is 1. The summed E-state index contributed by atoms with van der Waals surface area (Å²) >= 11 is 0. The molecule has 1 heterocycles. The zero-order valence-electron chi connectivity index (χ0n) is 7.08. The van der Waals surface area contributed by atoms with Gasteiger partial charge in [0, 0.05) is 19.5 Å². The van der Waals surface area contributed by atoms with Crippen molar-refractivity contribution in [3.8, 4) is 0 Å². The van der Waals surface area contributed by atoms with Gasteiger partial charge in [-0.15, -0.1) is 0 Å². The molecule has 0 aromatic heterocycles. The van der Waals surface area contributed by atoms with Gasteiger partial charge in [0.05, 0.1) is 6.10 Å². The SMILES string of the molecule is CC(=O)N1CC[C@@H](O)C[C@@H]1C. The molecule has 2 atom stereocenters. The molecule has 0 aromatic rings. The van der Waals surface area contributed by atoms with E-state index >= 15 is 0 Å². The van der Waals surface area contributed by atoms with E-state index in [9.17, 15) is 9.90 Å². The van der Waals surface area contributed by atoms with E-state index in [2.05, 4.69) is 0 Å². The first-order chi connectivity index (χ1) is 5.11. The lowest BCUT2D eigenvalue weighted by molar-refractivity contribution is -0.133. The second kappa shape index (κ2) is 3.22. The predicted octanol–water partition coefficient (Wildman–Crippen LogP) is 0.378. The van der Waals surface area contributed by atoms with E-state index in [0.717, 1.165) is 12.8 Å². The van der Waals surface area contributed by atoms with Crippen LogP contribution in [0.5, 0.6) is 0 Å². The molecule has 3 heteroatoms.